The third kappa shape index (κ3) is 4.35. The number of hydrogen-bond donors (Lipinski definition) is 3. The first kappa shape index (κ1) is 22.3. The number of nitrogens with zero attached hydrogens (tertiary/aromatic N) is 1. The number of ether oxygens (including phenoxy) is 1. The minimum absolute atomic E-state index is 0.290. The smallest absolute Gasteiger partial charge is 0.329 e. The minimum Gasteiger partial charge on any atom is -0.382 e. The third-order valence-corrected chi connectivity index (χ3v) is 5.49. The quantitative estimate of drug-likeness (QED) is 0.507. The lowest BCUT2D eigenvalue weighted by Gasteiger charge is -2.42. The molecular formula is C22H26BrN3O4. The summed E-state index contributed by atoms with van der Waals surface area (Å²) in [5, 5.41) is 17.2. The van der Waals surface area contributed by atoms with E-state index in [1.807, 2.05) is 26.0 Å². The lowest BCUT2D eigenvalue weighted by molar-refractivity contribution is -0.140. The fourth-order valence-electron chi connectivity index (χ4n) is 3.40. The number of amides is 3. The lowest BCUT2D eigenvalue weighted by Crippen LogP contribution is -2.62. The van der Waals surface area contributed by atoms with Gasteiger partial charge in [0.2, 0.25) is 0 Å². The SMILES string of the molecule is CCOCCCNC(=O)[C@]1(O)c2cc(Br)ccc2NC(=O)N1c1ccc(CC)cc1. The Morgan fingerprint density at radius 3 is 2.63 bits per heavy atom. The summed E-state index contributed by atoms with van der Waals surface area (Å²) < 4.78 is 5.97. The summed E-state index contributed by atoms with van der Waals surface area (Å²) in [4.78, 5) is 27.3. The van der Waals surface area contributed by atoms with E-state index >= 15 is 0 Å². The summed E-state index contributed by atoms with van der Waals surface area (Å²) in [5.41, 5.74) is -0.0266. The molecule has 0 aliphatic carbocycles. The Balaban J connectivity index is 2.00. The Bertz CT molecular complexity index is 919. The zero-order chi connectivity index (χ0) is 21.7. The highest BCUT2D eigenvalue weighted by Crippen LogP contribution is 2.41. The summed E-state index contributed by atoms with van der Waals surface area (Å²) in [6.45, 7) is 5.34. The number of fused-ring (bicyclic) bond motifs is 1. The highest BCUT2D eigenvalue weighted by Gasteiger charge is 2.52. The van der Waals surface area contributed by atoms with Gasteiger partial charge in [-0.05, 0) is 55.7 Å². The lowest BCUT2D eigenvalue weighted by atomic mass is 9.94. The minimum atomic E-state index is -2.21. The Morgan fingerprint density at radius 2 is 1.97 bits per heavy atom. The first-order valence-electron chi connectivity index (χ1n) is 10.00. The van der Waals surface area contributed by atoms with Crippen LogP contribution in [0, 0.1) is 0 Å². The molecule has 0 aromatic heterocycles. The first-order chi connectivity index (χ1) is 14.4. The van der Waals surface area contributed by atoms with Gasteiger partial charge in [-0.2, -0.15) is 0 Å². The molecule has 1 aliphatic rings. The van der Waals surface area contributed by atoms with Gasteiger partial charge in [0.15, 0.2) is 0 Å². The highest BCUT2D eigenvalue weighted by molar-refractivity contribution is 9.10. The number of hydrogen-bond acceptors (Lipinski definition) is 4. The standard InChI is InChI=1S/C22H26BrN3O4/c1-3-15-6-9-17(10-7-15)26-21(28)25-19-11-8-16(23)14-18(19)22(26,29)20(27)24-12-5-13-30-4-2/h6-11,14,29H,3-5,12-13H2,1-2H3,(H,24,27)(H,25,28)/t22-/m1/s1. The normalized spacial score (nSPS) is 18.0. The monoisotopic (exact) mass is 475 g/mol. The van der Waals surface area contributed by atoms with Crippen molar-refractivity contribution in [1.29, 1.82) is 0 Å². The molecule has 0 fully saturated rings. The van der Waals surface area contributed by atoms with Gasteiger partial charge < -0.3 is 20.5 Å². The summed E-state index contributed by atoms with van der Waals surface area (Å²) >= 11 is 3.39. The molecular weight excluding hydrogens is 450 g/mol. The Kier molecular flexibility index (Phi) is 7.12. The van der Waals surface area contributed by atoms with Gasteiger partial charge in [0.05, 0.1) is 5.69 Å². The van der Waals surface area contributed by atoms with Crippen LogP contribution in [0.1, 0.15) is 31.4 Å². The van der Waals surface area contributed by atoms with Gasteiger partial charge in [0, 0.05) is 35.5 Å². The maximum absolute atomic E-state index is 13.2. The van der Waals surface area contributed by atoms with E-state index in [2.05, 4.69) is 26.6 Å². The van der Waals surface area contributed by atoms with Crippen molar-refractivity contribution < 1.29 is 19.4 Å². The number of anilines is 2. The van der Waals surface area contributed by atoms with Crippen LogP contribution >= 0.6 is 15.9 Å². The topological polar surface area (TPSA) is 90.9 Å². The fraction of sp³-hybridized carbons (Fsp3) is 0.364. The summed E-state index contributed by atoms with van der Waals surface area (Å²) in [7, 11) is 0. The first-order valence-corrected chi connectivity index (χ1v) is 10.8. The molecule has 3 amide bonds. The predicted octanol–water partition coefficient (Wildman–Crippen LogP) is 3.75. The number of carbonyl (C=O) groups excluding carboxylic acids is 2. The molecule has 0 bridgehead atoms. The molecule has 0 radical (unpaired) electrons. The number of rotatable bonds is 8. The van der Waals surface area contributed by atoms with Gasteiger partial charge in [-0.15, -0.1) is 0 Å². The molecule has 2 aromatic rings. The van der Waals surface area contributed by atoms with Crippen LogP contribution in [0.3, 0.4) is 0 Å². The van der Waals surface area contributed by atoms with Crippen molar-refractivity contribution in [3.8, 4) is 0 Å². The number of aliphatic hydroxyl groups is 1. The van der Waals surface area contributed by atoms with Crippen molar-refractivity contribution in [2.24, 2.45) is 0 Å². The van der Waals surface area contributed by atoms with Gasteiger partial charge in [-0.3, -0.25) is 9.69 Å². The fourth-order valence-corrected chi connectivity index (χ4v) is 3.77. The third-order valence-electron chi connectivity index (χ3n) is 5.00. The second-order valence-electron chi connectivity index (χ2n) is 6.95. The van der Waals surface area contributed by atoms with Crippen molar-refractivity contribution in [3.05, 3.63) is 58.1 Å². The zero-order valence-corrected chi connectivity index (χ0v) is 18.7. The van der Waals surface area contributed by atoms with Gasteiger partial charge in [-0.25, -0.2) is 4.79 Å². The molecule has 3 N–H and O–H groups in total. The molecule has 1 aliphatic heterocycles. The molecule has 7 nitrogen and oxygen atoms in total. The molecule has 0 spiro atoms. The molecule has 0 saturated carbocycles. The summed E-state index contributed by atoms with van der Waals surface area (Å²) in [5.74, 6) is -0.673. The van der Waals surface area contributed by atoms with Crippen LogP contribution in [-0.2, 0) is 21.7 Å². The van der Waals surface area contributed by atoms with Crippen molar-refractivity contribution in [2.45, 2.75) is 32.4 Å². The average Bonchev–Trinajstić information content (AvgIpc) is 2.74. The number of halogens is 1. The molecule has 0 unspecified atom stereocenters. The van der Waals surface area contributed by atoms with E-state index in [0.717, 1.165) is 16.9 Å². The van der Waals surface area contributed by atoms with E-state index in [-0.39, 0.29) is 0 Å². The van der Waals surface area contributed by atoms with Crippen molar-refractivity contribution in [1.82, 2.24) is 5.32 Å². The molecule has 0 saturated heterocycles. The van der Waals surface area contributed by atoms with Crippen LogP contribution in [0.25, 0.3) is 0 Å². The molecule has 2 aromatic carbocycles. The molecule has 1 atom stereocenters. The number of carbonyl (C=O) groups is 2. The zero-order valence-electron chi connectivity index (χ0n) is 17.1. The maximum Gasteiger partial charge on any atom is 0.329 e. The number of benzene rings is 2. The van der Waals surface area contributed by atoms with Gasteiger partial charge >= 0.3 is 6.03 Å². The van der Waals surface area contributed by atoms with E-state index < -0.39 is 17.7 Å². The number of nitrogens with one attached hydrogen (secondary N) is 2. The average molecular weight is 476 g/mol. The van der Waals surface area contributed by atoms with E-state index in [1.165, 1.54) is 0 Å². The van der Waals surface area contributed by atoms with Crippen LogP contribution in [0.15, 0.2) is 46.9 Å². The van der Waals surface area contributed by atoms with E-state index in [4.69, 9.17) is 4.74 Å². The van der Waals surface area contributed by atoms with Gasteiger partial charge in [-0.1, -0.05) is 35.0 Å². The van der Waals surface area contributed by atoms with Gasteiger partial charge in [0.25, 0.3) is 11.6 Å². The van der Waals surface area contributed by atoms with Crippen LogP contribution in [0.5, 0.6) is 0 Å². The Morgan fingerprint density at radius 1 is 1.23 bits per heavy atom. The van der Waals surface area contributed by atoms with E-state index in [1.54, 1.807) is 30.3 Å². The van der Waals surface area contributed by atoms with Crippen LogP contribution in [0.2, 0.25) is 0 Å². The number of urea groups is 1. The second kappa shape index (κ2) is 9.59. The predicted molar refractivity (Wildman–Crippen MR) is 119 cm³/mol. The largest absolute Gasteiger partial charge is 0.382 e. The molecule has 1 heterocycles. The van der Waals surface area contributed by atoms with Crippen molar-refractivity contribution in [2.75, 3.05) is 30.0 Å². The summed E-state index contributed by atoms with van der Waals surface area (Å²) in [6.07, 6.45) is 1.44. The maximum atomic E-state index is 13.2. The highest BCUT2D eigenvalue weighted by atomic mass is 79.9. The molecule has 160 valence electrons. The van der Waals surface area contributed by atoms with Gasteiger partial charge in [0.1, 0.15) is 0 Å². The molecule has 3 rings (SSSR count). The molecule has 8 heteroatoms. The molecule has 30 heavy (non-hydrogen) atoms. The van der Waals surface area contributed by atoms with E-state index in [0.29, 0.717) is 47.6 Å². The Hall–Kier alpha value is -2.42. The Labute approximate surface area is 184 Å². The van der Waals surface area contributed by atoms with Crippen molar-refractivity contribution >= 4 is 39.2 Å². The second-order valence-corrected chi connectivity index (χ2v) is 7.87. The van der Waals surface area contributed by atoms with E-state index in [9.17, 15) is 14.7 Å². The van der Waals surface area contributed by atoms with Crippen LogP contribution in [0.4, 0.5) is 16.2 Å². The van der Waals surface area contributed by atoms with Crippen LogP contribution in [-0.4, -0.2) is 36.8 Å². The van der Waals surface area contributed by atoms with Crippen LogP contribution < -0.4 is 15.5 Å². The van der Waals surface area contributed by atoms with Crippen molar-refractivity contribution in [3.63, 3.8) is 0 Å². The summed E-state index contributed by atoms with van der Waals surface area (Å²) in [6, 6.07) is 11.7. The number of aryl methyl sites for hydroxylation is 1.